The molecule has 0 aliphatic carbocycles. The van der Waals surface area contributed by atoms with Crippen molar-refractivity contribution in [3.8, 4) is 0 Å². The largest absolute Gasteiger partial charge is 0.379 e. The Kier molecular flexibility index (Phi) is 5.85. The Labute approximate surface area is 174 Å². The van der Waals surface area contributed by atoms with E-state index in [0.717, 1.165) is 53.6 Å². The molecule has 0 unspecified atom stereocenters. The maximum atomic E-state index is 6.01. The molecule has 1 aliphatic heterocycles. The molecule has 3 aromatic rings. The fourth-order valence-electron chi connectivity index (χ4n) is 3.88. The van der Waals surface area contributed by atoms with E-state index >= 15 is 0 Å². The Balaban J connectivity index is 1.73. The van der Waals surface area contributed by atoms with E-state index < -0.39 is 0 Å². The molecule has 0 atom stereocenters. The standard InChI is InChI=1S/C20H29N5O3S/c1-13-21-19-17(14-10-20(2,3)28-12-15(14)29-19)18-22-16(23-25(13)18)11-24(6-8-26-4)7-9-27-5/h6-12H2,1-5H3/p+1. The zero-order chi connectivity index (χ0) is 20.6. The first kappa shape index (κ1) is 20.6. The van der Waals surface area contributed by atoms with Crippen molar-refractivity contribution in [2.45, 2.75) is 45.9 Å². The van der Waals surface area contributed by atoms with E-state index in [-0.39, 0.29) is 5.60 Å². The molecule has 4 heterocycles. The third-order valence-corrected chi connectivity index (χ3v) is 6.54. The van der Waals surface area contributed by atoms with Crippen LogP contribution >= 0.6 is 11.3 Å². The lowest BCUT2D eigenvalue weighted by atomic mass is 9.94. The molecule has 1 N–H and O–H groups in total. The third-order valence-electron chi connectivity index (χ3n) is 5.44. The van der Waals surface area contributed by atoms with Gasteiger partial charge in [-0.15, -0.1) is 16.4 Å². The molecular weight excluding hydrogens is 390 g/mol. The number of aromatic nitrogens is 4. The lowest BCUT2D eigenvalue weighted by Crippen LogP contribution is -3.11. The molecule has 4 rings (SSSR count). The van der Waals surface area contributed by atoms with Crippen molar-refractivity contribution in [2.75, 3.05) is 40.5 Å². The summed E-state index contributed by atoms with van der Waals surface area (Å²) in [4.78, 5) is 13.4. The molecule has 9 heteroatoms. The Hall–Kier alpha value is -1.65. The second-order valence-corrected chi connectivity index (χ2v) is 9.33. The minimum atomic E-state index is -0.174. The van der Waals surface area contributed by atoms with Crippen molar-refractivity contribution in [1.29, 1.82) is 0 Å². The summed E-state index contributed by atoms with van der Waals surface area (Å²) in [5.74, 6) is 1.69. The first-order chi connectivity index (χ1) is 13.9. The number of thiophene rings is 1. The van der Waals surface area contributed by atoms with Crippen molar-refractivity contribution in [2.24, 2.45) is 0 Å². The smallest absolute Gasteiger partial charge is 0.206 e. The van der Waals surface area contributed by atoms with E-state index in [4.69, 9.17) is 29.3 Å². The van der Waals surface area contributed by atoms with Gasteiger partial charge in [-0.3, -0.25) is 0 Å². The van der Waals surface area contributed by atoms with Crippen LogP contribution in [-0.2, 0) is 33.8 Å². The lowest BCUT2D eigenvalue weighted by molar-refractivity contribution is -0.915. The molecule has 0 saturated heterocycles. The third kappa shape index (κ3) is 4.15. The van der Waals surface area contributed by atoms with Gasteiger partial charge in [0, 0.05) is 25.5 Å². The zero-order valence-corrected chi connectivity index (χ0v) is 18.7. The van der Waals surface area contributed by atoms with Crippen LogP contribution in [0.5, 0.6) is 0 Å². The van der Waals surface area contributed by atoms with E-state index in [9.17, 15) is 0 Å². The Morgan fingerprint density at radius 2 is 1.90 bits per heavy atom. The van der Waals surface area contributed by atoms with Crippen molar-refractivity contribution in [3.05, 3.63) is 22.1 Å². The first-order valence-corrected chi connectivity index (χ1v) is 10.9. The fraction of sp³-hybridized carbons (Fsp3) is 0.650. The highest BCUT2D eigenvalue weighted by Gasteiger charge is 2.31. The van der Waals surface area contributed by atoms with Crippen LogP contribution in [0.1, 0.15) is 35.9 Å². The van der Waals surface area contributed by atoms with Crippen molar-refractivity contribution in [1.82, 2.24) is 19.6 Å². The highest BCUT2D eigenvalue weighted by Crippen LogP contribution is 2.39. The molecule has 0 amide bonds. The number of nitrogens with one attached hydrogen (secondary N) is 1. The van der Waals surface area contributed by atoms with Crippen LogP contribution in [0.2, 0.25) is 0 Å². The number of methoxy groups -OCH3 is 2. The number of hydrogen-bond donors (Lipinski definition) is 1. The number of fused-ring (bicyclic) bond motifs is 5. The topological polar surface area (TPSA) is 75.2 Å². The van der Waals surface area contributed by atoms with Gasteiger partial charge in [0.25, 0.3) is 0 Å². The van der Waals surface area contributed by atoms with Crippen LogP contribution in [0.4, 0.5) is 0 Å². The average Bonchev–Trinajstić information content (AvgIpc) is 3.24. The van der Waals surface area contributed by atoms with Gasteiger partial charge in [-0.25, -0.2) is 9.97 Å². The molecule has 0 spiro atoms. The van der Waals surface area contributed by atoms with Crippen LogP contribution < -0.4 is 4.90 Å². The van der Waals surface area contributed by atoms with E-state index in [1.807, 2.05) is 11.4 Å². The number of quaternary nitrogens is 1. The second-order valence-electron chi connectivity index (χ2n) is 8.24. The molecule has 0 aromatic carbocycles. The predicted octanol–water partition coefficient (Wildman–Crippen LogP) is 1.18. The molecular formula is C20H30N5O3S+. The summed E-state index contributed by atoms with van der Waals surface area (Å²) in [6.07, 6.45) is 0.865. The van der Waals surface area contributed by atoms with Gasteiger partial charge in [0.15, 0.2) is 5.65 Å². The van der Waals surface area contributed by atoms with Crippen LogP contribution in [0.25, 0.3) is 15.9 Å². The summed E-state index contributed by atoms with van der Waals surface area (Å²) in [7, 11) is 3.46. The lowest BCUT2D eigenvalue weighted by Gasteiger charge is -2.30. The van der Waals surface area contributed by atoms with Crippen molar-refractivity contribution >= 4 is 27.2 Å². The number of nitrogens with zero attached hydrogens (tertiary/aromatic N) is 4. The Morgan fingerprint density at radius 1 is 1.17 bits per heavy atom. The van der Waals surface area contributed by atoms with Gasteiger partial charge in [-0.05, 0) is 26.3 Å². The molecule has 0 saturated carbocycles. The Morgan fingerprint density at radius 3 is 2.59 bits per heavy atom. The summed E-state index contributed by atoms with van der Waals surface area (Å²) in [5.41, 5.74) is 2.06. The van der Waals surface area contributed by atoms with Crippen LogP contribution in [0, 0.1) is 6.92 Å². The minimum absolute atomic E-state index is 0.174. The maximum absolute atomic E-state index is 6.01. The Bertz CT molecular complexity index is 1000. The molecule has 0 radical (unpaired) electrons. The quantitative estimate of drug-likeness (QED) is 0.590. The highest BCUT2D eigenvalue weighted by atomic mass is 32.1. The second kappa shape index (κ2) is 8.23. The van der Waals surface area contributed by atoms with Crippen LogP contribution in [0.3, 0.4) is 0 Å². The van der Waals surface area contributed by atoms with Gasteiger partial charge in [-0.2, -0.15) is 4.52 Å². The maximum Gasteiger partial charge on any atom is 0.206 e. The van der Waals surface area contributed by atoms with E-state index in [1.165, 1.54) is 15.3 Å². The van der Waals surface area contributed by atoms with Crippen LogP contribution in [-0.4, -0.2) is 65.7 Å². The van der Waals surface area contributed by atoms with Crippen LogP contribution in [0.15, 0.2) is 0 Å². The summed E-state index contributed by atoms with van der Waals surface area (Å²) >= 11 is 1.72. The van der Waals surface area contributed by atoms with E-state index in [2.05, 4.69) is 13.8 Å². The molecule has 1 aliphatic rings. The normalized spacial score (nSPS) is 16.2. The predicted molar refractivity (Wildman–Crippen MR) is 112 cm³/mol. The van der Waals surface area contributed by atoms with Gasteiger partial charge < -0.3 is 19.1 Å². The molecule has 0 bridgehead atoms. The summed E-state index contributed by atoms with van der Waals surface area (Å²) in [6, 6.07) is 0. The number of hydrogen-bond acceptors (Lipinski definition) is 7. The molecule has 0 fully saturated rings. The van der Waals surface area contributed by atoms with E-state index in [1.54, 1.807) is 25.6 Å². The molecule has 8 nitrogen and oxygen atoms in total. The number of rotatable bonds is 8. The zero-order valence-electron chi connectivity index (χ0n) is 17.9. The van der Waals surface area contributed by atoms with Gasteiger partial charge in [0.1, 0.15) is 30.3 Å². The van der Waals surface area contributed by atoms with Crippen molar-refractivity contribution in [3.63, 3.8) is 0 Å². The first-order valence-electron chi connectivity index (χ1n) is 10.0. The monoisotopic (exact) mass is 420 g/mol. The molecule has 3 aromatic heterocycles. The minimum Gasteiger partial charge on any atom is -0.379 e. The van der Waals surface area contributed by atoms with Gasteiger partial charge in [-0.1, -0.05) is 0 Å². The summed E-state index contributed by atoms with van der Waals surface area (Å²) in [5, 5.41) is 5.94. The SMILES string of the molecule is COCC[NH+](CCOC)Cc1nc2c3c4c(sc3nc(C)n2n1)COC(C)(C)C4. The van der Waals surface area contributed by atoms with E-state index in [0.29, 0.717) is 19.8 Å². The summed E-state index contributed by atoms with van der Waals surface area (Å²) < 4.78 is 18.4. The average molecular weight is 421 g/mol. The van der Waals surface area contributed by atoms with Gasteiger partial charge in [0.2, 0.25) is 5.82 Å². The van der Waals surface area contributed by atoms with Crippen molar-refractivity contribution < 1.29 is 19.1 Å². The molecule has 158 valence electrons. The number of ether oxygens (including phenoxy) is 3. The van der Waals surface area contributed by atoms with Gasteiger partial charge >= 0.3 is 0 Å². The van der Waals surface area contributed by atoms with Gasteiger partial charge in [0.05, 0.1) is 30.8 Å². The highest BCUT2D eigenvalue weighted by molar-refractivity contribution is 7.19. The molecule has 29 heavy (non-hydrogen) atoms. The summed E-state index contributed by atoms with van der Waals surface area (Å²) in [6.45, 7) is 10.8. The fourth-order valence-corrected chi connectivity index (χ4v) is 5.02. The number of aryl methyl sites for hydroxylation is 1.